The van der Waals surface area contributed by atoms with Crippen molar-refractivity contribution in [1.82, 2.24) is 9.62 Å². The molecule has 1 atom stereocenters. The molecular weight excluding hydrogens is 426 g/mol. The highest BCUT2D eigenvalue weighted by atomic mass is 35.5. The summed E-state index contributed by atoms with van der Waals surface area (Å²) in [6.07, 6.45) is 0. The van der Waals surface area contributed by atoms with Crippen LogP contribution in [0.25, 0.3) is 0 Å². The summed E-state index contributed by atoms with van der Waals surface area (Å²) >= 11 is 6.06. The van der Waals surface area contributed by atoms with Gasteiger partial charge in [0.15, 0.2) is 0 Å². The number of rotatable bonds is 6. The van der Waals surface area contributed by atoms with Gasteiger partial charge < -0.3 is 14.5 Å². The Morgan fingerprint density at radius 2 is 1.83 bits per heavy atom. The minimum absolute atomic E-state index is 0.103. The molecule has 1 amide bonds. The van der Waals surface area contributed by atoms with E-state index in [1.807, 2.05) is 24.3 Å². The molecule has 0 saturated carbocycles. The van der Waals surface area contributed by atoms with E-state index in [9.17, 15) is 13.2 Å². The molecule has 1 heterocycles. The highest BCUT2D eigenvalue weighted by Crippen LogP contribution is 2.22. The Bertz CT molecular complexity index is 1020. The van der Waals surface area contributed by atoms with E-state index in [2.05, 4.69) is 9.62 Å². The number of nitrogens with zero attached hydrogens (tertiary/aromatic N) is 2. The summed E-state index contributed by atoms with van der Waals surface area (Å²) in [6.45, 7) is 5.68. The third kappa shape index (κ3) is 5.06. The fraction of sp³-hybridized carbons (Fsp3) is 0.381. The van der Waals surface area contributed by atoms with Crippen LogP contribution in [0.5, 0.6) is 5.75 Å². The van der Waals surface area contributed by atoms with E-state index < -0.39 is 16.1 Å². The lowest BCUT2D eigenvalue weighted by atomic mass is 10.2. The van der Waals surface area contributed by atoms with Crippen LogP contribution in [0, 0.1) is 6.92 Å². The molecule has 0 aromatic heterocycles. The molecule has 1 N–H and O–H groups in total. The van der Waals surface area contributed by atoms with E-state index in [1.54, 1.807) is 24.8 Å². The molecule has 2 aromatic carbocycles. The summed E-state index contributed by atoms with van der Waals surface area (Å²) < 4.78 is 33.1. The third-order valence-electron chi connectivity index (χ3n) is 5.14. The zero-order chi connectivity index (χ0) is 21.9. The second-order valence-corrected chi connectivity index (χ2v) is 9.42. The molecule has 7 nitrogen and oxygen atoms in total. The molecule has 162 valence electrons. The van der Waals surface area contributed by atoms with Crippen molar-refractivity contribution in [3.63, 3.8) is 0 Å². The monoisotopic (exact) mass is 451 g/mol. The first-order chi connectivity index (χ1) is 14.2. The number of hydrogen-bond acceptors (Lipinski definition) is 5. The first-order valence-electron chi connectivity index (χ1n) is 9.67. The Balaban J connectivity index is 1.61. The third-order valence-corrected chi connectivity index (χ3v) is 6.92. The van der Waals surface area contributed by atoms with Crippen LogP contribution in [0.1, 0.15) is 12.5 Å². The zero-order valence-electron chi connectivity index (χ0n) is 17.3. The maximum absolute atomic E-state index is 12.8. The zero-order valence-corrected chi connectivity index (χ0v) is 18.8. The maximum Gasteiger partial charge on any atom is 0.241 e. The van der Waals surface area contributed by atoms with Crippen molar-refractivity contribution in [2.24, 2.45) is 0 Å². The average molecular weight is 452 g/mol. The number of halogens is 1. The van der Waals surface area contributed by atoms with Crippen LogP contribution >= 0.6 is 11.6 Å². The number of piperazine rings is 1. The van der Waals surface area contributed by atoms with Gasteiger partial charge in [-0.15, -0.1) is 0 Å². The highest BCUT2D eigenvalue weighted by Gasteiger charge is 2.28. The van der Waals surface area contributed by atoms with Gasteiger partial charge in [-0.1, -0.05) is 17.7 Å². The minimum atomic E-state index is -3.83. The van der Waals surface area contributed by atoms with E-state index in [4.69, 9.17) is 16.3 Å². The van der Waals surface area contributed by atoms with Crippen molar-refractivity contribution < 1.29 is 17.9 Å². The number of carbonyl (C=O) groups excluding carboxylic acids is 1. The highest BCUT2D eigenvalue weighted by molar-refractivity contribution is 7.89. The van der Waals surface area contributed by atoms with Crippen LogP contribution in [0.2, 0.25) is 5.02 Å². The van der Waals surface area contributed by atoms with E-state index in [1.165, 1.54) is 19.2 Å². The number of sulfonamides is 1. The summed E-state index contributed by atoms with van der Waals surface area (Å²) in [5, 5.41) is 0.669. The number of amides is 1. The lowest BCUT2D eigenvalue weighted by Crippen LogP contribution is -2.54. The summed E-state index contributed by atoms with van der Waals surface area (Å²) in [5.74, 6) is 0.366. The number of methoxy groups -OCH3 is 1. The van der Waals surface area contributed by atoms with Crippen molar-refractivity contribution in [1.29, 1.82) is 0 Å². The average Bonchev–Trinajstić information content (AvgIpc) is 2.73. The standard InChI is InChI=1S/C21H26ClN3O4S/c1-15-13-19(7-8-20(15)29-3)30(27,28)23-16(2)21(26)25-11-9-24(10-12-25)18-6-4-5-17(22)14-18/h4-8,13-14,16,23H,9-12H2,1-3H3/t16-/m1/s1. The quantitative estimate of drug-likeness (QED) is 0.730. The van der Waals surface area contributed by atoms with Gasteiger partial charge in [0.1, 0.15) is 5.75 Å². The molecule has 2 aromatic rings. The lowest BCUT2D eigenvalue weighted by Gasteiger charge is -2.37. The molecular formula is C21H26ClN3O4S. The maximum atomic E-state index is 12.8. The Morgan fingerprint density at radius 1 is 1.13 bits per heavy atom. The van der Waals surface area contributed by atoms with Crippen molar-refractivity contribution in [2.45, 2.75) is 24.8 Å². The number of hydrogen-bond donors (Lipinski definition) is 1. The summed E-state index contributed by atoms with van der Waals surface area (Å²) in [4.78, 5) is 16.8. The molecule has 30 heavy (non-hydrogen) atoms. The van der Waals surface area contributed by atoms with Gasteiger partial charge in [-0.3, -0.25) is 4.79 Å². The predicted molar refractivity (Wildman–Crippen MR) is 118 cm³/mol. The molecule has 0 aliphatic carbocycles. The van der Waals surface area contributed by atoms with Gasteiger partial charge in [0.05, 0.1) is 18.0 Å². The van der Waals surface area contributed by atoms with Crippen LogP contribution < -0.4 is 14.4 Å². The molecule has 1 aliphatic rings. The number of benzene rings is 2. The molecule has 0 spiro atoms. The van der Waals surface area contributed by atoms with Gasteiger partial charge in [-0.25, -0.2) is 8.42 Å². The predicted octanol–water partition coefficient (Wildman–Crippen LogP) is 2.67. The summed E-state index contributed by atoms with van der Waals surface area (Å²) in [7, 11) is -2.30. The van der Waals surface area contributed by atoms with Crippen LogP contribution in [0.15, 0.2) is 47.4 Å². The molecule has 1 saturated heterocycles. The SMILES string of the molecule is COc1ccc(S(=O)(=O)N[C@H](C)C(=O)N2CCN(c3cccc(Cl)c3)CC2)cc1C. The van der Waals surface area contributed by atoms with Crippen molar-refractivity contribution in [3.05, 3.63) is 53.1 Å². The summed E-state index contributed by atoms with van der Waals surface area (Å²) in [5.41, 5.74) is 1.72. The molecule has 0 bridgehead atoms. The summed E-state index contributed by atoms with van der Waals surface area (Å²) in [6, 6.07) is 11.3. The molecule has 0 radical (unpaired) electrons. The van der Waals surface area contributed by atoms with Crippen molar-refractivity contribution in [2.75, 3.05) is 38.2 Å². The Labute approximate surface area is 182 Å². The number of carbonyl (C=O) groups is 1. The largest absolute Gasteiger partial charge is 0.496 e. The van der Waals surface area contributed by atoms with Crippen LogP contribution in [-0.2, 0) is 14.8 Å². The van der Waals surface area contributed by atoms with Gasteiger partial charge in [0.2, 0.25) is 15.9 Å². The first kappa shape index (κ1) is 22.4. The second kappa shape index (κ2) is 9.24. The number of nitrogens with one attached hydrogen (secondary N) is 1. The molecule has 1 fully saturated rings. The fourth-order valence-electron chi connectivity index (χ4n) is 3.50. The van der Waals surface area contributed by atoms with E-state index in [0.717, 1.165) is 5.69 Å². The molecule has 3 rings (SSSR count). The Morgan fingerprint density at radius 3 is 2.43 bits per heavy atom. The van der Waals surface area contributed by atoms with Crippen molar-refractivity contribution >= 4 is 33.2 Å². The Hall–Kier alpha value is -2.29. The van der Waals surface area contributed by atoms with E-state index in [-0.39, 0.29) is 10.8 Å². The van der Waals surface area contributed by atoms with Gasteiger partial charge in [0.25, 0.3) is 0 Å². The van der Waals surface area contributed by atoms with E-state index >= 15 is 0 Å². The molecule has 0 unspecified atom stereocenters. The Kier molecular flexibility index (Phi) is 6.90. The molecule has 9 heteroatoms. The van der Waals surface area contributed by atoms with Crippen LogP contribution in [0.4, 0.5) is 5.69 Å². The topological polar surface area (TPSA) is 78.9 Å². The number of anilines is 1. The normalized spacial score (nSPS) is 15.7. The van der Waals surface area contributed by atoms with Gasteiger partial charge in [0, 0.05) is 36.9 Å². The van der Waals surface area contributed by atoms with E-state index in [0.29, 0.717) is 42.5 Å². The lowest BCUT2D eigenvalue weighted by molar-refractivity contribution is -0.132. The van der Waals surface area contributed by atoms with Gasteiger partial charge in [-0.2, -0.15) is 4.72 Å². The second-order valence-electron chi connectivity index (χ2n) is 7.27. The van der Waals surface area contributed by atoms with Gasteiger partial charge >= 0.3 is 0 Å². The van der Waals surface area contributed by atoms with Crippen molar-refractivity contribution in [3.8, 4) is 5.75 Å². The van der Waals surface area contributed by atoms with Crippen LogP contribution in [-0.4, -0.2) is 58.6 Å². The molecule has 1 aliphatic heterocycles. The fourth-order valence-corrected chi connectivity index (χ4v) is 4.97. The number of aryl methyl sites for hydroxylation is 1. The minimum Gasteiger partial charge on any atom is -0.496 e. The van der Waals surface area contributed by atoms with Crippen LogP contribution in [0.3, 0.4) is 0 Å². The smallest absolute Gasteiger partial charge is 0.241 e. The first-order valence-corrected chi connectivity index (χ1v) is 11.5. The number of ether oxygens (including phenoxy) is 1. The van der Waals surface area contributed by atoms with Gasteiger partial charge in [-0.05, 0) is 55.8 Å².